The number of anilines is 1. The molecule has 0 bridgehead atoms. The Morgan fingerprint density at radius 3 is 2.36 bits per heavy atom. The Hall–Kier alpha value is -2.39. The summed E-state index contributed by atoms with van der Waals surface area (Å²) in [7, 11) is 0. The number of hydrogen-bond donors (Lipinski definition) is 0. The zero-order valence-electron chi connectivity index (χ0n) is 12.4. The van der Waals surface area contributed by atoms with Crippen LogP contribution in [0.1, 0.15) is 12.0 Å². The fourth-order valence-corrected chi connectivity index (χ4v) is 2.64. The number of para-hydroxylation sites is 1. The number of carbonyl (C=O) groups excluding carboxylic acids is 1. The number of benzene rings is 2. The van der Waals surface area contributed by atoms with Crippen LogP contribution in [0.4, 0.5) is 5.69 Å². The molecule has 0 saturated carbocycles. The molecule has 0 spiro atoms. The number of carbonyl (C=O) groups is 1. The molecule has 1 aliphatic heterocycles. The van der Waals surface area contributed by atoms with E-state index < -0.39 is 0 Å². The van der Waals surface area contributed by atoms with E-state index in [0.717, 1.165) is 17.7 Å². The summed E-state index contributed by atoms with van der Waals surface area (Å²) in [6, 6.07) is 19.7. The van der Waals surface area contributed by atoms with E-state index in [9.17, 15) is 4.79 Å². The van der Waals surface area contributed by atoms with Crippen LogP contribution in [0.3, 0.4) is 0 Å². The van der Waals surface area contributed by atoms with Crippen molar-refractivity contribution >= 4 is 17.7 Å². The van der Waals surface area contributed by atoms with Gasteiger partial charge in [0.05, 0.1) is 12.6 Å². The van der Waals surface area contributed by atoms with Gasteiger partial charge < -0.3 is 9.64 Å². The Morgan fingerprint density at radius 2 is 1.73 bits per heavy atom. The number of hydrogen-bond acceptors (Lipinski definition) is 2. The predicted molar refractivity (Wildman–Crippen MR) is 88.6 cm³/mol. The van der Waals surface area contributed by atoms with Crippen LogP contribution >= 0.6 is 0 Å². The third-order valence-electron chi connectivity index (χ3n) is 3.76. The molecule has 22 heavy (non-hydrogen) atoms. The van der Waals surface area contributed by atoms with Gasteiger partial charge in [0, 0.05) is 18.4 Å². The lowest BCUT2D eigenvalue weighted by atomic mass is 10.1. The second kappa shape index (κ2) is 7.05. The predicted octanol–water partition coefficient (Wildman–Crippen LogP) is 3.52. The molecule has 1 saturated heterocycles. The van der Waals surface area contributed by atoms with E-state index in [0.29, 0.717) is 13.2 Å². The Balaban J connectivity index is 1.82. The summed E-state index contributed by atoms with van der Waals surface area (Å²) < 4.78 is 5.45. The van der Waals surface area contributed by atoms with Crippen LogP contribution in [0, 0.1) is 0 Å². The Kier molecular flexibility index (Phi) is 4.66. The topological polar surface area (TPSA) is 29.5 Å². The van der Waals surface area contributed by atoms with Crippen LogP contribution in [0.25, 0.3) is 6.08 Å². The van der Waals surface area contributed by atoms with Gasteiger partial charge in [-0.3, -0.25) is 4.79 Å². The molecule has 1 amide bonds. The standard InChI is InChI=1S/C19H19NO2/c21-19(12-11-16-7-3-1-4-8-16)20(18-13-14-22-15-18)17-9-5-2-6-10-17/h1-12,18H,13-15H2/b12-11+. The van der Waals surface area contributed by atoms with Gasteiger partial charge in [-0.2, -0.15) is 0 Å². The summed E-state index contributed by atoms with van der Waals surface area (Å²) in [5.41, 5.74) is 1.94. The lowest BCUT2D eigenvalue weighted by molar-refractivity contribution is -0.114. The van der Waals surface area contributed by atoms with Gasteiger partial charge in [-0.15, -0.1) is 0 Å². The number of rotatable bonds is 4. The van der Waals surface area contributed by atoms with Gasteiger partial charge in [-0.05, 0) is 30.2 Å². The quantitative estimate of drug-likeness (QED) is 0.807. The second-order valence-corrected chi connectivity index (χ2v) is 5.31. The number of amides is 1. The first kappa shape index (κ1) is 14.5. The lowest BCUT2D eigenvalue weighted by Crippen LogP contribution is -2.40. The first-order chi connectivity index (χ1) is 10.8. The van der Waals surface area contributed by atoms with Crippen LogP contribution in [-0.2, 0) is 9.53 Å². The van der Waals surface area contributed by atoms with Crippen molar-refractivity contribution in [1.29, 1.82) is 0 Å². The van der Waals surface area contributed by atoms with Crippen LogP contribution in [0.5, 0.6) is 0 Å². The minimum atomic E-state index is -0.00875. The maximum absolute atomic E-state index is 12.7. The maximum Gasteiger partial charge on any atom is 0.251 e. The minimum Gasteiger partial charge on any atom is -0.379 e. The van der Waals surface area contributed by atoms with Gasteiger partial charge in [0.25, 0.3) is 5.91 Å². The molecule has 0 radical (unpaired) electrons. The highest BCUT2D eigenvalue weighted by Gasteiger charge is 2.27. The van der Waals surface area contributed by atoms with Crippen molar-refractivity contribution in [2.45, 2.75) is 12.5 Å². The van der Waals surface area contributed by atoms with E-state index in [1.807, 2.05) is 71.6 Å². The Morgan fingerprint density at radius 1 is 1.05 bits per heavy atom. The lowest BCUT2D eigenvalue weighted by Gasteiger charge is -2.27. The normalized spacial score (nSPS) is 17.7. The maximum atomic E-state index is 12.7. The van der Waals surface area contributed by atoms with E-state index in [-0.39, 0.29) is 11.9 Å². The molecule has 2 aromatic rings. The van der Waals surface area contributed by atoms with Crippen molar-refractivity contribution in [3.8, 4) is 0 Å². The van der Waals surface area contributed by atoms with Gasteiger partial charge in [-0.25, -0.2) is 0 Å². The zero-order valence-corrected chi connectivity index (χ0v) is 12.4. The summed E-state index contributed by atoms with van der Waals surface area (Å²) in [5, 5.41) is 0. The SMILES string of the molecule is O=C(/C=C/c1ccccc1)N(c1ccccc1)C1CCOC1. The molecular weight excluding hydrogens is 274 g/mol. The van der Waals surface area contributed by atoms with Crippen molar-refractivity contribution < 1.29 is 9.53 Å². The monoisotopic (exact) mass is 293 g/mol. The molecule has 112 valence electrons. The highest BCUT2D eigenvalue weighted by molar-refractivity contribution is 6.04. The van der Waals surface area contributed by atoms with Crippen molar-refractivity contribution in [3.63, 3.8) is 0 Å². The fraction of sp³-hybridized carbons (Fsp3) is 0.211. The fourth-order valence-electron chi connectivity index (χ4n) is 2.64. The summed E-state index contributed by atoms with van der Waals surface area (Å²) in [5.74, 6) is -0.00875. The molecule has 1 atom stereocenters. The highest BCUT2D eigenvalue weighted by atomic mass is 16.5. The second-order valence-electron chi connectivity index (χ2n) is 5.31. The average Bonchev–Trinajstić information content (AvgIpc) is 3.09. The van der Waals surface area contributed by atoms with Gasteiger partial charge in [0.15, 0.2) is 0 Å². The van der Waals surface area contributed by atoms with Crippen LogP contribution < -0.4 is 4.90 Å². The molecule has 3 rings (SSSR count). The molecule has 1 fully saturated rings. The molecular formula is C19H19NO2. The molecule has 1 aliphatic rings. The third kappa shape index (κ3) is 3.43. The first-order valence-corrected chi connectivity index (χ1v) is 7.54. The molecule has 3 nitrogen and oxygen atoms in total. The number of nitrogens with zero attached hydrogens (tertiary/aromatic N) is 1. The highest BCUT2D eigenvalue weighted by Crippen LogP contribution is 2.22. The molecule has 0 aromatic heterocycles. The summed E-state index contributed by atoms with van der Waals surface area (Å²) >= 11 is 0. The van der Waals surface area contributed by atoms with E-state index in [2.05, 4.69) is 0 Å². The van der Waals surface area contributed by atoms with E-state index in [1.54, 1.807) is 6.08 Å². The van der Waals surface area contributed by atoms with Crippen LogP contribution in [-0.4, -0.2) is 25.2 Å². The number of ether oxygens (including phenoxy) is 1. The largest absolute Gasteiger partial charge is 0.379 e. The van der Waals surface area contributed by atoms with Gasteiger partial charge in [0.1, 0.15) is 0 Å². The van der Waals surface area contributed by atoms with Crippen LogP contribution in [0.15, 0.2) is 66.7 Å². The molecule has 0 N–H and O–H groups in total. The summed E-state index contributed by atoms with van der Waals surface area (Å²) in [4.78, 5) is 14.5. The van der Waals surface area contributed by atoms with Crippen LogP contribution in [0.2, 0.25) is 0 Å². The smallest absolute Gasteiger partial charge is 0.251 e. The molecule has 3 heteroatoms. The molecule has 1 unspecified atom stereocenters. The zero-order chi connectivity index (χ0) is 15.2. The van der Waals surface area contributed by atoms with Crippen molar-refractivity contribution in [1.82, 2.24) is 0 Å². The van der Waals surface area contributed by atoms with Gasteiger partial charge >= 0.3 is 0 Å². The third-order valence-corrected chi connectivity index (χ3v) is 3.76. The van der Waals surface area contributed by atoms with Gasteiger partial charge in [0.2, 0.25) is 0 Å². The summed E-state index contributed by atoms with van der Waals surface area (Å²) in [6.45, 7) is 1.31. The Labute approximate surface area is 130 Å². The summed E-state index contributed by atoms with van der Waals surface area (Å²) in [6.07, 6.45) is 4.37. The molecule has 2 aromatic carbocycles. The Bertz CT molecular complexity index is 631. The van der Waals surface area contributed by atoms with Crippen molar-refractivity contribution in [3.05, 3.63) is 72.3 Å². The van der Waals surface area contributed by atoms with E-state index in [4.69, 9.17) is 4.74 Å². The van der Waals surface area contributed by atoms with E-state index in [1.165, 1.54) is 0 Å². The average molecular weight is 293 g/mol. The minimum absolute atomic E-state index is 0.00875. The molecule has 1 heterocycles. The van der Waals surface area contributed by atoms with Gasteiger partial charge in [-0.1, -0.05) is 48.5 Å². The molecule has 0 aliphatic carbocycles. The van der Waals surface area contributed by atoms with E-state index >= 15 is 0 Å². The first-order valence-electron chi connectivity index (χ1n) is 7.54. The van der Waals surface area contributed by atoms with Crippen molar-refractivity contribution in [2.75, 3.05) is 18.1 Å². The van der Waals surface area contributed by atoms with Crippen molar-refractivity contribution in [2.24, 2.45) is 0 Å².